The third kappa shape index (κ3) is 12.8. The first-order chi connectivity index (χ1) is 18.7. The molecule has 0 heterocycles. The summed E-state index contributed by atoms with van der Waals surface area (Å²) in [7, 11) is 1.22. The van der Waals surface area contributed by atoms with Gasteiger partial charge in [0.15, 0.2) is 0 Å². The Morgan fingerprint density at radius 3 is 1.78 bits per heavy atom. The van der Waals surface area contributed by atoms with Crippen molar-refractivity contribution in [3.8, 4) is 0 Å². The summed E-state index contributed by atoms with van der Waals surface area (Å²) in [5, 5.41) is 22.6. The van der Waals surface area contributed by atoms with Gasteiger partial charge in [0, 0.05) is 6.92 Å². The fourth-order valence-corrected chi connectivity index (χ4v) is 4.64. The molecule has 0 aliphatic carbocycles. The second-order valence-corrected chi connectivity index (χ2v) is 13.2. The van der Waals surface area contributed by atoms with Crippen molar-refractivity contribution >= 4 is 29.6 Å². The Kier molecular flexibility index (Phi) is 15.5. The highest BCUT2D eigenvalue weighted by Crippen LogP contribution is 2.35. The molecule has 0 saturated heterocycles. The van der Waals surface area contributed by atoms with E-state index in [-0.39, 0.29) is 18.2 Å². The first-order valence-corrected chi connectivity index (χ1v) is 14.3. The van der Waals surface area contributed by atoms with Gasteiger partial charge >= 0.3 is 5.97 Å². The summed E-state index contributed by atoms with van der Waals surface area (Å²) < 4.78 is 4.71. The van der Waals surface area contributed by atoms with Gasteiger partial charge in [-0.3, -0.25) is 19.2 Å². The average Bonchev–Trinajstić information content (AvgIpc) is 2.82. The fourth-order valence-electron chi connectivity index (χ4n) is 4.64. The minimum absolute atomic E-state index is 0.228. The van der Waals surface area contributed by atoms with E-state index in [0.717, 1.165) is 0 Å². The van der Waals surface area contributed by atoms with E-state index in [1.54, 1.807) is 34.6 Å². The number of carbonyl (C=O) groups is 5. The maximum Gasteiger partial charge on any atom is 0.328 e. The second kappa shape index (κ2) is 16.6. The zero-order chi connectivity index (χ0) is 32.3. The van der Waals surface area contributed by atoms with Crippen LogP contribution in [-0.2, 0) is 28.7 Å². The molecular formula is C29H55N5O7. The van der Waals surface area contributed by atoms with Crippen LogP contribution < -0.4 is 27.0 Å². The average molecular weight is 586 g/mol. The third-order valence-corrected chi connectivity index (χ3v) is 6.93. The molecular weight excluding hydrogens is 530 g/mol. The van der Waals surface area contributed by atoms with Gasteiger partial charge in [0.25, 0.3) is 0 Å². The van der Waals surface area contributed by atoms with E-state index in [4.69, 9.17) is 10.5 Å². The van der Waals surface area contributed by atoms with Crippen LogP contribution in [0.15, 0.2) is 0 Å². The van der Waals surface area contributed by atoms with Crippen LogP contribution in [0.4, 0.5) is 0 Å². The van der Waals surface area contributed by atoms with Crippen molar-refractivity contribution in [1.29, 1.82) is 0 Å². The lowest BCUT2D eigenvalue weighted by molar-refractivity contribution is -0.148. The number of rotatable bonds is 15. The first kappa shape index (κ1) is 38.3. The van der Waals surface area contributed by atoms with Crippen molar-refractivity contribution in [2.75, 3.05) is 13.7 Å². The molecule has 0 bridgehead atoms. The van der Waals surface area contributed by atoms with Crippen molar-refractivity contribution in [3.63, 3.8) is 0 Å². The number of ether oxygens (including phenoxy) is 1. The number of unbranched alkanes of at least 4 members (excludes halogenated alkanes) is 1. The number of esters is 1. The lowest BCUT2D eigenvalue weighted by Crippen LogP contribution is -2.62. The number of hydrogen-bond acceptors (Lipinski definition) is 8. The summed E-state index contributed by atoms with van der Waals surface area (Å²) in [6.07, 6.45) is 0.121. The molecule has 41 heavy (non-hydrogen) atoms. The van der Waals surface area contributed by atoms with Crippen molar-refractivity contribution in [3.05, 3.63) is 0 Å². The second-order valence-electron chi connectivity index (χ2n) is 13.2. The van der Waals surface area contributed by atoms with E-state index in [9.17, 15) is 29.1 Å². The van der Waals surface area contributed by atoms with Crippen molar-refractivity contribution < 1.29 is 33.8 Å². The van der Waals surface area contributed by atoms with Crippen molar-refractivity contribution in [1.82, 2.24) is 21.3 Å². The fraction of sp³-hybridized carbons (Fsp3) is 0.828. The molecule has 0 aromatic rings. The SMILES string of the molecule is COC(=O)[C@H](C)NC(=O)[C@@H]([C@H](O)[C@@H](NC(=O)[C@H](CCCCN)NC(=O)[C@@H](NC(C)=O)C(C)C)C(C)(C)C)C(C)(C)C. The molecule has 4 amide bonds. The Balaban J connectivity index is 6.26. The van der Waals surface area contributed by atoms with Crippen LogP contribution >= 0.6 is 0 Å². The predicted molar refractivity (Wildman–Crippen MR) is 157 cm³/mol. The zero-order valence-electron chi connectivity index (χ0n) is 26.8. The van der Waals surface area contributed by atoms with E-state index in [0.29, 0.717) is 19.4 Å². The van der Waals surface area contributed by atoms with Crippen LogP contribution in [-0.4, -0.2) is 78.6 Å². The highest BCUT2D eigenvalue weighted by atomic mass is 16.5. The Labute approximate surface area is 245 Å². The quantitative estimate of drug-likeness (QED) is 0.121. The van der Waals surface area contributed by atoms with Gasteiger partial charge in [-0.05, 0) is 49.5 Å². The highest BCUT2D eigenvalue weighted by molar-refractivity contribution is 5.92. The molecule has 6 atom stereocenters. The molecule has 0 aliphatic heterocycles. The number of nitrogens with one attached hydrogen (secondary N) is 4. The molecule has 0 rings (SSSR count). The van der Waals surface area contributed by atoms with Gasteiger partial charge in [-0.25, -0.2) is 4.79 Å². The summed E-state index contributed by atoms with van der Waals surface area (Å²) in [5.41, 5.74) is 4.17. The molecule has 0 unspecified atom stereocenters. The number of methoxy groups -OCH3 is 1. The van der Waals surface area contributed by atoms with Gasteiger partial charge in [-0.1, -0.05) is 55.4 Å². The summed E-state index contributed by atoms with van der Waals surface area (Å²) in [6.45, 7) is 17.6. The number of aliphatic hydroxyl groups excluding tert-OH is 1. The molecule has 7 N–H and O–H groups in total. The smallest absolute Gasteiger partial charge is 0.328 e. The molecule has 12 nitrogen and oxygen atoms in total. The molecule has 0 radical (unpaired) electrons. The van der Waals surface area contributed by atoms with Crippen LogP contribution in [0.5, 0.6) is 0 Å². The molecule has 238 valence electrons. The van der Waals surface area contributed by atoms with Gasteiger partial charge < -0.3 is 36.8 Å². The van der Waals surface area contributed by atoms with E-state index in [2.05, 4.69) is 21.3 Å². The maximum atomic E-state index is 13.7. The zero-order valence-corrected chi connectivity index (χ0v) is 26.8. The van der Waals surface area contributed by atoms with E-state index >= 15 is 0 Å². The lowest BCUT2D eigenvalue weighted by Gasteiger charge is -2.43. The normalized spacial score (nSPS) is 16.4. The van der Waals surface area contributed by atoms with Gasteiger partial charge in [0.05, 0.1) is 25.2 Å². The molecule has 0 aromatic heterocycles. The Morgan fingerprint density at radius 1 is 0.805 bits per heavy atom. The van der Waals surface area contributed by atoms with Gasteiger partial charge in [-0.2, -0.15) is 0 Å². The van der Waals surface area contributed by atoms with Crippen LogP contribution in [0.3, 0.4) is 0 Å². The van der Waals surface area contributed by atoms with Crippen LogP contribution in [0.1, 0.15) is 88.5 Å². The Hall–Kier alpha value is -2.73. The molecule has 0 aliphatic rings. The maximum absolute atomic E-state index is 13.7. The minimum atomic E-state index is -1.35. The topological polar surface area (TPSA) is 189 Å². The molecule has 0 fully saturated rings. The first-order valence-electron chi connectivity index (χ1n) is 14.3. The lowest BCUT2D eigenvalue weighted by atomic mass is 9.70. The van der Waals surface area contributed by atoms with Crippen LogP contribution in [0, 0.1) is 22.7 Å². The van der Waals surface area contributed by atoms with E-state index < -0.39 is 70.7 Å². The van der Waals surface area contributed by atoms with Gasteiger partial charge in [0.2, 0.25) is 23.6 Å². The number of amides is 4. The number of hydrogen-bond donors (Lipinski definition) is 6. The molecule has 0 spiro atoms. The largest absolute Gasteiger partial charge is 0.467 e. The molecule has 0 aromatic carbocycles. The minimum Gasteiger partial charge on any atom is -0.467 e. The Morgan fingerprint density at radius 2 is 1.37 bits per heavy atom. The van der Waals surface area contributed by atoms with Crippen LogP contribution in [0.2, 0.25) is 0 Å². The molecule has 0 saturated carbocycles. The third-order valence-electron chi connectivity index (χ3n) is 6.93. The summed E-state index contributed by atoms with van der Waals surface area (Å²) in [4.78, 5) is 63.8. The number of carbonyl (C=O) groups excluding carboxylic acids is 5. The van der Waals surface area contributed by atoms with Crippen molar-refractivity contribution in [2.45, 2.75) is 119 Å². The van der Waals surface area contributed by atoms with Gasteiger partial charge in [0.1, 0.15) is 18.1 Å². The molecule has 12 heteroatoms. The van der Waals surface area contributed by atoms with E-state index in [1.165, 1.54) is 21.0 Å². The van der Waals surface area contributed by atoms with Gasteiger partial charge in [-0.15, -0.1) is 0 Å². The summed E-state index contributed by atoms with van der Waals surface area (Å²) in [6, 6.07) is -3.66. The van der Waals surface area contributed by atoms with Crippen molar-refractivity contribution in [2.24, 2.45) is 28.4 Å². The standard InChI is InChI=1S/C29H55N5O7/c1-16(2)21(32-18(4)35)26(39)33-19(14-12-13-15-30)24(37)34-23(29(8,9)10)22(36)20(28(5,6)7)25(38)31-17(3)27(40)41-11/h16-17,19-23,36H,12-15,30H2,1-11H3,(H,31,38)(H,32,35)(H,33,39)(H,34,37)/t17-,19-,20+,21-,22-,23+/m0/s1. The predicted octanol–water partition coefficient (Wildman–Crippen LogP) is 0.993. The monoisotopic (exact) mass is 585 g/mol. The van der Waals surface area contributed by atoms with E-state index in [1.807, 2.05) is 20.8 Å². The van der Waals surface area contributed by atoms with Crippen LogP contribution in [0.25, 0.3) is 0 Å². The number of nitrogens with two attached hydrogens (primary N) is 1. The summed E-state index contributed by atoms with van der Waals surface area (Å²) >= 11 is 0. The highest BCUT2D eigenvalue weighted by Gasteiger charge is 2.46. The number of aliphatic hydroxyl groups is 1. The summed E-state index contributed by atoms with van der Waals surface area (Å²) in [5.74, 6) is -3.84. The Bertz CT molecular complexity index is 895.